The molecule has 5 rings (SSSR count). The van der Waals surface area contributed by atoms with E-state index < -0.39 is 5.67 Å². The number of rotatable bonds is 7. The number of nitrogens with zero attached hydrogens (tertiary/aromatic N) is 2. The maximum Gasteiger partial charge on any atom is 0.124 e. The molecular weight excluding hydrogens is 411 g/mol. The molecule has 0 unspecified atom stereocenters. The summed E-state index contributed by atoms with van der Waals surface area (Å²) in [5.41, 5.74) is 5.71. The van der Waals surface area contributed by atoms with Crippen molar-refractivity contribution in [2.45, 2.75) is 70.8 Å². The molecule has 1 aliphatic carbocycles. The Hall–Kier alpha value is -2.17. The Labute approximate surface area is 198 Å². The standard InChI is InChI=1S/C29H37FN2O/c1-5-14-31-17-24(18-31)33-23-12-10-21(11-13-23)28-27-16-22-8-6-7-9-25(22)26(27)15-20(2)32(28)19-29(3,4)30/h6-13,20,24,28H,5,14-19H2,1-4H3/t20-,28-/m1/s1. The molecule has 1 saturated heterocycles. The van der Waals surface area contributed by atoms with E-state index in [1.54, 1.807) is 13.8 Å². The second-order valence-electron chi connectivity index (χ2n) is 10.8. The summed E-state index contributed by atoms with van der Waals surface area (Å²) in [6.45, 7) is 11.5. The third-order valence-electron chi connectivity index (χ3n) is 7.36. The second kappa shape index (κ2) is 8.88. The quantitative estimate of drug-likeness (QED) is 0.513. The molecule has 2 heterocycles. The van der Waals surface area contributed by atoms with Crippen molar-refractivity contribution in [1.29, 1.82) is 0 Å². The first-order valence-corrected chi connectivity index (χ1v) is 12.6. The van der Waals surface area contributed by atoms with Crippen molar-refractivity contribution < 1.29 is 9.13 Å². The van der Waals surface area contributed by atoms with Crippen LogP contribution in [0.5, 0.6) is 5.75 Å². The van der Waals surface area contributed by atoms with E-state index in [0.29, 0.717) is 12.6 Å². The summed E-state index contributed by atoms with van der Waals surface area (Å²) in [5, 5.41) is 0. The topological polar surface area (TPSA) is 15.7 Å². The molecule has 3 nitrogen and oxygen atoms in total. The third kappa shape index (κ3) is 4.61. The SMILES string of the molecule is CCCN1CC(Oc2ccc([C@@H]3C4=C(C[C@@H](C)N3CC(C)(C)F)c3ccccc3C4)cc2)C1. The number of ether oxygens (including phenoxy) is 1. The van der Waals surface area contributed by atoms with E-state index >= 15 is 0 Å². The zero-order valence-corrected chi connectivity index (χ0v) is 20.5. The highest BCUT2D eigenvalue weighted by Crippen LogP contribution is 2.49. The van der Waals surface area contributed by atoms with Crippen LogP contribution >= 0.6 is 0 Å². The lowest BCUT2D eigenvalue weighted by Gasteiger charge is -2.44. The Morgan fingerprint density at radius 2 is 1.79 bits per heavy atom. The van der Waals surface area contributed by atoms with Gasteiger partial charge in [0.05, 0.1) is 6.04 Å². The van der Waals surface area contributed by atoms with Crippen LogP contribution in [0.4, 0.5) is 4.39 Å². The fourth-order valence-corrected chi connectivity index (χ4v) is 5.91. The van der Waals surface area contributed by atoms with E-state index in [1.165, 1.54) is 34.3 Å². The smallest absolute Gasteiger partial charge is 0.124 e. The van der Waals surface area contributed by atoms with Gasteiger partial charge in [0, 0.05) is 25.7 Å². The highest BCUT2D eigenvalue weighted by atomic mass is 19.1. The maximum atomic E-state index is 14.9. The highest BCUT2D eigenvalue weighted by Gasteiger charge is 2.40. The summed E-state index contributed by atoms with van der Waals surface area (Å²) in [4.78, 5) is 4.82. The summed E-state index contributed by atoms with van der Waals surface area (Å²) in [7, 11) is 0. The highest BCUT2D eigenvalue weighted by molar-refractivity contribution is 5.79. The van der Waals surface area contributed by atoms with Crippen molar-refractivity contribution in [3.8, 4) is 5.75 Å². The Bertz CT molecular complexity index is 1020. The summed E-state index contributed by atoms with van der Waals surface area (Å²) in [6.07, 6.45) is 3.42. The predicted octanol–water partition coefficient (Wildman–Crippen LogP) is 6.05. The molecule has 3 aliphatic rings. The molecule has 2 aliphatic heterocycles. The van der Waals surface area contributed by atoms with Gasteiger partial charge < -0.3 is 4.74 Å². The van der Waals surface area contributed by atoms with Gasteiger partial charge in [0.15, 0.2) is 0 Å². The van der Waals surface area contributed by atoms with E-state index in [-0.39, 0.29) is 12.1 Å². The molecule has 33 heavy (non-hydrogen) atoms. The van der Waals surface area contributed by atoms with E-state index in [2.05, 4.69) is 72.2 Å². The molecule has 4 heteroatoms. The van der Waals surface area contributed by atoms with Gasteiger partial charge in [-0.2, -0.15) is 0 Å². The second-order valence-corrected chi connectivity index (χ2v) is 10.8. The van der Waals surface area contributed by atoms with Gasteiger partial charge in [-0.3, -0.25) is 9.80 Å². The zero-order valence-electron chi connectivity index (χ0n) is 20.5. The molecule has 0 spiro atoms. The minimum absolute atomic E-state index is 0.101. The lowest BCUT2D eigenvalue weighted by atomic mass is 9.84. The van der Waals surface area contributed by atoms with Crippen molar-refractivity contribution in [3.63, 3.8) is 0 Å². The van der Waals surface area contributed by atoms with Crippen LogP contribution in [0.15, 0.2) is 54.1 Å². The van der Waals surface area contributed by atoms with Crippen molar-refractivity contribution in [2.75, 3.05) is 26.2 Å². The summed E-state index contributed by atoms with van der Waals surface area (Å²) in [6, 6.07) is 17.8. The number of hydrogen-bond donors (Lipinski definition) is 0. The normalized spacial score (nSPS) is 23.9. The lowest BCUT2D eigenvalue weighted by Crippen LogP contribution is -2.53. The van der Waals surface area contributed by atoms with E-state index in [9.17, 15) is 4.39 Å². The van der Waals surface area contributed by atoms with Gasteiger partial charge in [-0.1, -0.05) is 43.3 Å². The van der Waals surface area contributed by atoms with Gasteiger partial charge in [0.1, 0.15) is 17.5 Å². The fourth-order valence-electron chi connectivity index (χ4n) is 5.91. The van der Waals surface area contributed by atoms with Crippen molar-refractivity contribution in [3.05, 3.63) is 70.8 Å². The third-order valence-corrected chi connectivity index (χ3v) is 7.36. The number of benzene rings is 2. The molecule has 2 atom stereocenters. The summed E-state index contributed by atoms with van der Waals surface area (Å²) in [5.74, 6) is 0.935. The molecule has 2 aromatic rings. The average Bonchev–Trinajstić information content (AvgIpc) is 3.10. The van der Waals surface area contributed by atoms with Gasteiger partial charge in [-0.25, -0.2) is 4.39 Å². The lowest BCUT2D eigenvalue weighted by molar-refractivity contribution is 0.0202. The first-order valence-electron chi connectivity index (χ1n) is 12.6. The molecule has 0 radical (unpaired) electrons. The molecule has 0 saturated carbocycles. The Morgan fingerprint density at radius 1 is 1.06 bits per heavy atom. The predicted molar refractivity (Wildman–Crippen MR) is 133 cm³/mol. The number of likely N-dealkylation sites (tertiary alicyclic amines) is 1. The van der Waals surface area contributed by atoms with Gasteiger partial charge in [-0.15, -0.1) is 0 Å². The van der Waals surface area contributed by atoms with Crippen LogP contribution in [0, 0.1) is 0 Å². The van der Waals surface area contributed by atoms with Gasteiger partial charge in [0.25, 0.3) is 0 Å². The van der Waals surface area contributed by atoms with E-state index in [4.69, 9.17) is 4.74 Å². The van der Waals surface area contributed by atoms with Crippen LogP contribution in [-0.4, -0.2) is 53.8 Å². The van der Waals surface area contributed by atoms with Crippen molar-refractivity contribution >= 4 is 5.57 Å². The molecule has 176 valence electrons. The zero-order chi connectivity index (χ0) is 23.2. The Morgan fingerprint density at radius 3 is 2.48 bits per heavy atom. The van der Waals surface area contributed by atoms with Crippen molar-refractivity contribution in [2.24, 2.45) is 0 Å². The molecule has 1 fully saturated rings. The monoisotopic (exact) mass is 448 g/mol. The van der Waals surface area contributed by atoms with Crippen LogP contribution in [-0.2, 0) is 6.42 Å². The first-order chi connectivity index (χ1) is 15.8. The van der Waals surface area contributed by atoms with Crippen LogP contribution in [0.2, 0.25) is 0 Å². The molecule has 0 amide bonds. The van der Waals surface area contributed by atoms with Crippen LogP contribution in [0.25, 0.3) is 5.57 Å². The molecule has 0 bridgehead atoms. The van der Waals surface area contributed by atoms with Gasteiger partial charge in [-0.05, 0) is 86.5 Å². The fraction of sp³-hybridized carbons (Fsp3) is 0.517. The first kappa shape index (κ1) is 22.6. The number of alkyl halides is 1. The van der Waals surface area contributed by atoms with E-state index in [1.807, 2.05) is 0 Å². The number of fused-ring (bicyclic) bond motifs is 2. The van der Waals surface area contributed by atoms with Crippen molar-refractivity contribution in [1.82, 2.24) is 9.80 Å². The minimum Gasteiger partial charge on any atom is -0.488 e. The number of halogens is 1. The molecular formula is C29H37FN2O. The van der Waals surface area contributed by atoms with Gasteiger partial charge >= 0.3 is 0 Å². The number of hydrogen-bond acceptors (Lipinski definition) is 3. The van der Waals surface area contributed by atoms with Crippen LogP contribution in [0.1, 0.15) is 63.3 Å². The summed E-state index contributed by atoms with van der Waals surface area (Å²) < 4.78 is 21.1. The molecule has 0 N–H and O–H groups in total. The van der Waals surface area contributed by atoms with E-state index in [0.717, 1.165) is 38.2 Å². The van der Waals surface area contributed by atoms with Crippen LogP contribution in [0.3, 0.4) is 0 Å². The van der Waals surface area contributed by atoms with Crippen LogP contribution < -0.4 is 4.74 Å². The maximum absolute atomic E-state index is 14.9. The minimum atomic E-state index is -1.24. The Balaban J connectivity index is 1.41. The largest absolute Gasteiger partial charge is 0.488 e. The Kier molecular flexibility index (Phi) is 6.09. The average molecular weight is 449 g/mol. The molecule has 0 aromatic heterocycles. The molecule has 2 aromatic carbocycles. The summed E-state index contributed by atoms with van der Waals surface area (Å²) >= 11 is 0. The van der Waals surface area contributed by atoms with Gasteiger partial charge in [0.2, 0.25) is 0 Å².